The standard InChI is InChI=1S/C14H26O/c1-2-7-13-11-14(13,15)10-12-8-5-3-4-6-9-12/h12-13,15H,2-11H2,1H3. The second kappa shape index (κ2) is 4.86. The van der Waals surface area contributed by atoms with Crippen molar-refractivity contribution in [3.05, 3.63) is 0 Å². The molecule has 2 aliphatic rings. The van der Waals surface area contributed by atoms with E-state index in [1.54, 1.807) is 0 Å². The van der Waals surface area contributed by atoms with Crippen molar-refractivity contribution in [2.75, 3.05) is 0 Å². The Balaban J connectivity index is 1.76. The van der Waals surface area contributed by atoms with Crippen LogP contribution in [0.3, 0.4) is 0 Å². The minimum absolute atomic E-state index is 0.231. The van der Waals surface area contributed by atoms with Crippen LogP contribution in [0, 0.1) is 11.8 Å². The van der Waals surface area contributed by atoms with Gasteiger partial charge in [-0.15, -0.1) is 0 Å². The fraction of sp³-hybridized carbons (Fsp3) is 1.00. The maximum Gasteiger partial charge on any atom is 0.0683 e. The van der Waals surface area contributed by atoms with Crippen LogP contribution in [0.2, 0.25) is 0 Å². The molecular formula is C14H26O. The maximum absolute atomic E-state index is 10.4. The van der Waals surface area contributed by atoms with E-state index in [-0.39, 0.29) is 5.60 Å². The molecule has 0 aromatic rings. The van der Waals surface area contributed by atoms with E-state index in [9.17, 15) is 5.11 Å². The molecular weight excluding hydrogens is 184 g/mol. The molecule has 0 heterocycles. The number of hydrogen-bond acceptors (Lipinski definition) is 1. The molecule has 0 aliphatic heterocycles. The SMILES string of the molecule is CCCC1CC1(O)CC1CCCCCC1. The highest BCUT2D eigenvalue weighted by molar-refractivity contribution is 5.03. The first-order valence-corrected chi connectivity index (χ1v) is 6.97. The zero-order valence-corrected chi connectivity index (χ0v) is 10.2. The molecule has 0 aromatic carbocycles. The lowest BCUT2D eigenvalue weighted by molar-refractivity contribution is 0.0948. The van der Waals surface area contributed by atoms with Gasteiger partial charge in [0.05, 0.1) is 5.60 Å². The van der Waals surface area contributed by atoms with Crippen molar-refractivity contribution >= 4 is 0 Å². The Morgan fingerprint density at radius 3 is 2.40 bits per heavy atom. The first-order chi connectivity index (χ1) is 7.24. The van der Waals surface area contributed by atoms with E-state index in [2.05, 4.69) is 6.92 Å². The third-order valence-electron chi connectivity index (χ3n) is 4.45. The van der Waals surface area contributed by atoms with Crippen molar-refractivity contribution in [3.63, 3.8) is 0 Å². The van der Waals surface area contributed by atoms with Gasteiger partial charge in [0.15, 0.2) is 0 Å². The van der Waals surface area contributed by atoms with E-state index in [0.717, 1.165) is 18.8 Å². The van der Waals surface area contributed by atoms with Crippen LogP contribution in [-0.4, -0.2) is 10.7 Å². The van der Waals surface area contributed by atoms with Gasteiger partial charge < -0.3 is 5.11 Å². The van der Waals surface area contributed by atoms with E-state index in [1.807, 2.05) is 0 Å². The van der Waals surface area contributed by atoms with Crippen LogP contribution < -0.4 is 0 Å². The molecule has 0 radical (unpaired) electrons. The van der Waals surface area contributed by atoms with Gasteiger partial charge in [0.2, 0.25) is 0 Å². The van der Waals surface area contributed by atoms with Crippen molar-refractivity contribution in [3.8, 4) is 0 Å². The third-order valence-corrected chi connectivity index (χ3v) is 4.45. The highest BCUT2D eigenvalue weighted by Gasteiger charge is 2.52. The summed E-state index contributed by atoms with van der Waals surface area (Å²) in [6.07, 6.45) is 13.1. The average molecular weight is 210 g/mol. The summed E-state index contributed by atoms with van der Waals surface area (Å²) in [5.74, 6) is 1.48. The van der Waals surface area contributed by atoms with Gasteiger partial charge in [-0.1, -0.05) is 51.9 Å². The van der Waals surface area contributed by atoms with Gasteiger partial charge in [-0.05, 0) is 31.1 Å². The lowest BCUT2D eigenvalue weighted by Crippen LogP contribution is -2.17. The fourth-order valence-corrected chi connectivity index (χ4v) is 3.40. The molecule has 0 bridgehead atoms. The topological polar surface area (TPSA) is 20.2 Å². The molecule has 0 aromatic heterocycles. The van der Waals surface area contributed by atoms with Crippen LogP contribution in [-0.2, 0) is 0 Å². The van der Waals surface area contributed by atoms with Crippen LogP contribution in [0.15, 0.2) is 0 Å². The molecule has 0 amide bonds. The fourth-order valence-electron chi connectivity index (χ4n) is 3.40. The van der Waals surface area contributed by atoms with E-state index in [0.29, 0.717) is 5.92 Å². The Hall–Kier alpha value is -0.0400. The second-order valence-electron chi connectivity index (χ2n) is 5.86. The Morgan fingerprint density at radius 2 is 1.80 bits per heavy atom. The van der Waals surface area contributed by atoms with E-state index in [1.165, 1.54) is 51.4 Å². The van der Waals surface area contributed by atoms with Crippen molar-refractivity contribution in [2.24, 2.45) is 11.8 Å². The average Bonchev–Trinajstić information content (AvgIpc) is 2.89. The summed E-state index contributed by atoms with van der Waals surface area (Å²) in [5.41, 5.74) is -0.231. The molecule has 2 saturated carbocycles. The van der Waals surface area contributed by atoms with Gasteiger partial charge in [0.25, 0.3) is 0 Å². The lowest BCUT2D eigenvalue weighted by atomic mass is 9.91. The summed E-state index contributed by atoms with van der Waals surface area (Å²) in [6, 6.07) is 0. The quantitative estimate of drug-likeness (QED) is 0.698. The van der Waals surface area contributed by atoms with Gasteiger partial charge in [-0.2, -0.15) is 0 Å². The van der Waals surface area contributed by atoms with E-state index >= 15 is 0 Å². The maximum atomic E-state index is 10.4. The molecule has 88 valence electrons. The monoisotopic (exact) mass is 210 g/mol. The Labute approximate surface area is 94.3 Å². The van der Waals surface area contributed by atoms with Crippen molar-refractivity contribution < 1.29 is 5.11 Å². The predicted molar refractivity (Wildman–Crippen MR) is 63.8 cm³/mol. The molecule has 2 rings (SSSR count). The number of rotatable bonds is 4. The van der Waals surface area contributed by atoms with Gasteiger partial charge >= 0.3 is 0 Å². The molecule has 0 spiro atoms. The summed E-state index contributed by atoms with van der Waals surface area (Å²) in [5, 5.41) is 10.4. The molecule has 2 fully saturated rings. The summed E-state index contributed by atoms with van der Waals surface area (Å²) in [6.45, 7) is 2.23. The van der Waals surface area contributed by atoms with Crippen molar-refractivity contribution in [2.45, 2.75) is 76.7 Å². The Morgan fingerprint density at radius 1 is 1.13 bits per heavy atom. The molecule has 1 N–H and O–H groups in total. The highest BCUT2D eigenvalue weighted by atomic mass is 16.3. The van der Waals surface area contributed by atoms with E-state index in [4.69, 9.17) is 0 Å². The summed E-state index contributed by atoms with van der Waals surface area (Å²) < 4.78 is 0. The van der Waals surface area contributed by atoms with Gasteiger partial charge in [-0.3, -0.25) is 0 Å². The van der Waals surface area contributed by atoms with Crippen molar-refractivity contribution in [1.82, 2.24) is 0 Å². The van der Waals surface area contributed by atoms with Gasteiger partial charge in [-0.25, -0.2) is 0 Å². The molecule has 1 nitrogen and oxygen atoms in total. The summed E-state index contributed by atoms with van der Waals surface area (Å²) >= 11 is 0. The van der Waals surface area contributed by atoms with Crippen LogP contribution in [0.5, 0.6) is 0 Å². The molecule has 2 aliphatic carbocycles. The minimum Gasteiger partial charge on any atom is -0.390 e. The van der Waals surface area contributed by atoms with Crippen LogP contribution in [0.1, 0.15) is 71.1 Å². The lowest BCUT2D eigenvalue weighted by Gasteiger charge is -2.19. The predicted octanol–water partition coefficient (Wildman–Crippen LogP) is 3.90. The van der Waals surface area contributed by atoms with Crippen LogP contribution in [0.4, 0.5) is 0 Å². The minimum atomic E-state index is -0.231. The second-order valence-corrected chi connectivity index (χ2v) is 5.86. The molecule has 1 heteroatoms. The van der Waals surface area contributed by atoms with Gasteiger partial charge in [0.1, 0.15) is 0 Å². The normalized spacial score (nSPS) is 37.6. The molecule has 2 atom stereocenters. The molecule has 2 unspecified atom stereocenters. The Bertz CT molecular complexity index is 194. The molecule has 0 saturated heterocycles. The summed E-state index contributed by atoms with van der Waals surface area (Å²) in [7, 11) is 0. The van der Waals surface area contributed by atoms with Gasteiger partial charge in [0, 0.05) is 0 Å². The zero-order valence-electron chi connectivity index (χ0n) is 10.2. The first-order valence-electron chi connectivity index (χ1n) is 6.97. The number of aliphatic hydroxyl groups is 1. The van der Waals surface area contributed by atoms with E-state index < -0.39 is 0 Å². The summed E-state index contributed by atoms with van der Waals surface area (Å²) in [4.78, 5) is 0. The number of hydrogen-bond donors (Lipinski definition) is 1. The highest BCUT2D eigenvalue weighted by Crippen LogP contribution is 2.51. The van der Waals surface area contributed by atoms with Crippen LogP contribution in [0.25, 0.3) is 0 Å². The first kappa shape index (κ1) is 11.4. The third kappa shape index (κ3) is 2.96. The largest absolute Gasteiger partial charge is 0.390 e. The zero-order chi connectivity index (χ0) is 10.7. The van der Waals surface area contributed by atoms with Crippen molar-refractivity contribution in [1.29, 1.82) is 0 Å². The Kier molecular flexibility index (Phi) is 3.71. The smallest absolute Gasteiger partial charge is 0.0683 e. The van der Waals surface area contributed by atoms with Crippen LogP contribution >= 0.6 is 0 Å². The molecule has 15 heavy (non-hydrogen) atoms.